The van der Waals surface area contributed by atoms with Crippen LogP contribution in [0.1, 0.15) is 21.7 Å². The number of anilines is 1. The normalized spacial score (nSPS) is 11.5. The van der Waals surface area contributed by atoms with Crippen LogP contribution < -0.4 is 5.32 Å². The minimum atomic E-state index is -3.27. The molecule has 0 fully saturated rings. The maximum Gasteiger partial charge on any atom is 0.261 e. The van der Waals surface area contributed by atoms with E-state index < -0.39 is 9.84 Å². The molecule has 0 spiro atoms. The molecule has 0 unspecified atom stereocenters. The Hall–Kier alpha value is -2.87. The number of rotatable bonds is 4. The second-order valence-corrected chi connectivity index (χ2v) is 8.22. The SMILES string of the molecule is Cc1ccc(C)n1-c1c(C(=O)Nc2ccc(S(C)(=O)=O)cc2)cnn1C. The maximum absolute atomic E-state index is 12.8. The highest BCUT2D eigenvalue weighted by Gasteiger charge is 2.20. The monoisotopic (exact) mass is 372 g/mol. The van der Waals surface area contributed by atoms with Gasteiger partial charge in [0, 0.05) is 30.4 Å². The van der Waals surface area contributed by atoms with Gasteiger partial charge in [-0.1, -0.05) is 0 Å². The van der Waals surface area contributed by atoms with Gasteiger partial charge < -0.3 is 9.88 Å². The lowest BCUT2D eigenvalue weighted by Gasteiger charge is -2.12. The smallest absolute Gasteiger partial charge is 0.261 e. The Morgan fingerprint density at radius 1 is 1.04 bits per heavy atom. The fourth-order valence-corrected chi connectivity index (χ4v) is 3.47. The second-order valence-electron chi connectivity index (χ2n) is 6.21. The number of nitrogens with one attached hydrogen (secondary N) is 1. The molecule has 8 heteroatoms. The summed E-state index contributed by atoms with van der Waals surface area (Å²) in [5, 5.41) is 7.01. The van der Waals surface area contributed by atoms with Crippen molar-refractivity contribution >= 4 is 21.4 Å². The van der Waals surface area contributed by atoms with E-state index in [0.29, 0.717) is 17.1 Å². The van der Waals surface area contributed by atoms with E-state index >= 15 is 0 Å². The van der Waals surface area contributed by atoms with Gasteiger partial charge in [0.25, 0.3) is 5.91 Å². The third kappa shape index (κ3) is 3.28. The van der Waals surface area contributed by atoms with E-state index in [2.05, 4.69) is 10.4 Å². The van der Waals surface area contributed by atoms with E-state index in [9.17, 15) is 13.2 Å². The van der Waals surface area contributed by atoms with Crippen molar-refractivity contribution in [2.75, 3.05) is 11.6 Å². The van der Waals surface area contributed by atoms with Crippen molar-refractivity contribution in [2.45, 2.75) is 18.7 Å². The van der Waals surface area contributed by atoms with Gasteiger partial charge >= 0.3 is 0 Å². The van der Waals surface area contributed by atoms with E-state index in [1.807, 2.05) is 30.5 Å². The number of amides is 1. The van der Waals surface area contributed by atoms with Gasteiger partial charge in [-0.05, 0) is 50.2 Å². The lowest BCUT2D eigenvalue weighted by Crippen LogP contribution is -2.16. The van der Waals surface area contributed by atoms with Gasteiger partial charge in [-0.15, -0.1) is 0 Å². The Bertz CT molecular complexity index is 1060. The predicted molar refractivity (Wildman–Crippen MR) is 99.5 cm³/mol. The molecule has 0 aliphatic rings. The third-order valence-electron chi connectivity index (χ3n) is 4.18. The zero-order valence-corrected chi connectivity index (χ0v) is 15.8. The van der Waals surface area contributed by atoms with Crippen LogP contribution in [0.2, 0.25) is 0 Å². The first-order valence-corrected chi connectivity index (χ1v) is 9.86. The Morgan fingerprint density at radius 2 is 1.62 bits per heavy atom. The molecule has 3 aromatic rings. The van der Waals surface area contributed by atoms with E-state index in [-0.39, 0.29) is 10.8 Å². The van der Waals surface area contributed by atoms with Crippen molar-refractivity contribution in [3.63, 3.8) is 0 Å². The van der Waals surface area contributed by atoms with Crippen LogP contribution >= 0.6 is 0 Å². The van der Waals surface area contributed by atoms with Gasteiger partial charge in [0.15, 0.2) is 9.84 Å². The average molecular weight is 372 g/mol. The Labute approximate surface area is 152 Å². The molecule has 0 aliphatic heterocycles. The third-order valence-corrected chi connectivity index (χ3v) is 5.30. The molecule has 2 aromatic heterocycles. The van der Waals surface area contributed by atoms with Gasteiger partial charge in [-0.2, -0.15) is 5.10 Å². The van der Waals surface area contributed by atoms with Gasteiger partial charge in [0.1, 0.15) is 11.4 Å². The fraction of sp³-hybridized carbons (Fsp3) is 0.222. The van der Waals surface area contributed by atoms with E-state index in [0.717, 1.165) is 17.6 Å². The molecule has 0 bridgehead atoms. The van der Waals surface area contributed by atoms with Crippen molar-refractivity contribution in [1.29, 1.82) is 0 Å². The van der Waals surface area contributed by atoms with Crippen LogP contribution in [0.15, 0.2) is 47.5 Å². The van der Waals surface area contributed by atoms with Crippen molar-refractivity contribution in [3.05, 3.63) is 59.5 Å². The van der Waals surface area contributed by atoms with Crippen LogP contribution in [-0.4, -0.2) is 34.9 Å². The number of aromatic nitrogens is 3. The summed E-state index contributed by atoms with van der Waals surface area (Å²) in [6.45, 7) is 3.93. The quantitative estimate of drug-likeness (QED) is 0.762. The summed E-state index contributed by atoms with van der Waals surface area (Å²) in [6.07, 6.45) is 2.67. The number of hydrogen-bond acceptors (Lipinski definition) is 4. The number of aryl methyl sites for hydroxylation is 3. The number of nitrogens with zero attached hydrogens (tertiary/aromatic N) is 3. The lowest BCUT2D eigenvalue weighted by molar-refractivity contribution is 0.102. The lowest BCUT2D eigenvalue weighted by atomic mass is 10.2. The average Bonchev–Trinajstić information content (AvgIpc) is 3.09. The molecule has 1 aromatic carbocycles. The summed E-state index contributed by atoms with van der Waals surface area (Å²) in [5.41, 5.74) is 2.94. The predicted octanol–water partition coefficient (Wildman–Crippen LogP) is 2.48. The molecule has 136 valence electrons. The van der Waals surface area contributed by atoms with Crippen LogP contribution in [0, 0.1) is 13.8 Å². The minimum Gasteiger partial charge on any atom is -0.322 e. The number of benzene rings is 1. The topological polar surface area (TPSA) is 86.0 Å². The summed E-state index contributed by atoms with van der Waals surface area (Å²) in [7, 11) is -1.49. The molecule has 26 heavy (non-hydrogen) atoms. The molecule has 0 saturated carbocycles. The first kappa shape index (κ1) is 17.9. The fourth-order valence-electron chi connectivity index (χ4n) is 2.84. The van der Waals surface area contributed by atoms with Crippen molar-refractivity contribution in [2.24, 2.45) is 7.05 Å². The van der Waals surface area contributed by atoms with E-state index in [1.165, 1.54) is 18.3 Å². The van der Waals surface area contributed by atoms with E-state index in [4.69, 9.17) is 0 Å². The summed E-state index contributed by atoms with van der Waals surface area (Å²) in [4.78, 5) is 13.0. The minimum absolute atomic E-state index is 0.205. The van der Waals surface area contributed by atoms with Gasteiger partial charge in [-0.3, -0.25) is 9.48 Å². The zero-order valence-electron chi connectivity index (χ0n) is 15.0. The van der Waals surface area contributed by atoms with Crippen LogP contribution in [0.5, 0.6) is 0 Å². The molecule has 0 radical (unpaired) electrons. The molecule has 0 atom stereocenters. The zero-order chi connectivity index (χ0) is 19.1. The maximum atomic E-state index is 12.8. The van der Waals surface area contributed by atoms with Crippen LogP contribution in [-0.2, 0) is 16.9 Å². The largest absolute Gasteiger partial charge is 0.322 e. The van der Waals surface area contributed by atoms with Gasteiger partial charge in [-0.25, -0.2) is 8.42 Å². The number of hydrogen-bond donors (Lipinski definition) is 1. The highest BCUT2D eigenvalue weighted by Crippen LogP contribution is 2.21. The van der Waals surface area contributed by atoms with Crippen molar-refractivity contribution in [1.82, 2.24) is 14.3 Å². The second kappa shape index (κ2) is 6.45. The standard InChI is InChI=1S/C18H20N4O3S/c1-12-5-6-13(2)22(12)18-16(11-19-21(18)3)17(23)20-14-7-9-15(10-8-14)26(4,24)25/h5-11H,1-4H3,(H,20,23). The molecular weight excluding hydrogens is 352 g/mol. The summed E-state index contributed by atoms with van der Waals surface area (Å²) >= 11 is 0. The molecule has 3 rings (SSSR count). The van der Waals surface area contributed by atoms with Gasteiger partial charge in [0.2, 0.25) is 0 Å². The molecule has 1 amide bonds. The summed E-state index contributed by atoms with van der Waals surface area (Å²) in [5.74, 6) is 0.364. The van der Waals surface area contributed by atoms with Gasteiger partial charge in [0.05, 0.1) is 11.1 Å². The number of sulfone groups is 1. The Kier molecular flexibility index (Phi) is 4.45. The van der Waals surface area contributed by atoms with Crippen LogP contribution in [0.25, 0.3) is 5.82 Å². The Balaban J connectivity index is 1.93. The number of carbonyl (C=O) groups excluding carboxylic acids is 1. The highest BCUT2D eigenvalue weighted by atomic mass is 32.2. The van der Waals surface area contributed by atoms with Crippen LogP contribution in [0.3, 0.4) is 0 Å². The summed E-state index contributed by atoms with van der Waals surface area (Å²) < 4.78 is 26.7. The first-order chi connectivity index (χ1) is 12.2. The van der Waals surface area contributed by atoms with Crippen molar-refractivity contribution in [3.8, 4) is 5.82 Å². The molecule has 1 N–H and O–H groups in total. The number of carbonyl (C=O) groups is 1. The molecule has 0 aliphatic carbocycles. The van der Waals surface area contributed by atoms with E-state index in [1.54, 1.807) is 23.9 Å². The van der Waals surface area contributed by atoms with Crippen LogP contribution in [0.4, 0.5) is 5.69 Å². The Morgan fingerprint density at radius 3 is 2.15 bits per heavy atom. The summed E-state index contributed by atoms with van der Waals surface area (Å²) in [6, 6.07) is 10.0. The van der Waals surface area contributed by atoms with Crippen molar-refractivity contribution < 1.29 is 13.2 Å². The molecular formula is C18H20N4O3S. The molecule has 2 heterocycles. The first-order valence-electron chi connectivity index (χ1n) is 7.97. The molecule has 7 nitrogen and oxygen atoms in total. The molecule has 0 saturated heterocycles. The highest BCUT2D eigenvalue weighted by molar-refractivity contribution is 7.90.